The third-order valence-corrected chi connectivity index (χ3v) is 6.42. The number of nitrogens with zero attached hydrogens (tertiary/aromatic N) is 3. The summed E-state index contributed by atoms with van der Waals surface area (Å²) in [5.74, 6) is 0.193. The molecular formula is C22H25N3OS. The standard InChI is InChI=1S/C22H25N3OS/c1-13-17(6-7-18-20(13)23-24-25(18)5)19(22(2,3)4)15-10-14-8-9-27-21(14)16(11-15)12-26/h6-11,19,26H,12H2,1-5H3/t19-/m0/s1. The summed E-state index contributed by atoms with van der Waals surface area (Å²) in [4.78, 5) is 0. The van der Waals surface area contributed by atoms with Crippen molar-refractivity contribution in [3.63, 3.8) is 0 Å². The van der Waals surface area contributed by atoms with Crippen LogP contribution in [0.1, 0.15) is 48.9 Å². The van der Waals surface area contributed by atoms with Gasteiger partial charge >= 0.3 is 0 Å². The zero-order chi connectivity index (χ0) is 19.3. The molecule has 0 saturated carbocycles. The van der Waals surface area contributed by atoms with E-state index in [0.717, 1.165) is 16.6 Å². The zero-order valence-corrected chi connectivity index (χ0v) is 17.3. The molecule has 4 aromatic rings. The molecule has 0 aliphatic rings. The van der Waals surface area contributed by atoms with Crippen molar-refractivity contribution in [2.75, 3.05) is 0 Å². The van der Waals surface area contributed by atoms with Crippen LogP contribution in [-0.2, 0) is 13.7 Å². The summed E-state index contributed by atoms with van der Waals surface area (Å²) < 4.78 is 2.99. The predicted octanol–water partition coefficient (Wildman–Crippen LogP) is 5.16. The van der Waals surface area contributed by atoms with Crippen molar-refractivity contribution < 1.29 is 5.11 Å². The topological polar surface area (TPSA) is 50.9 Å². The van der Waals surface area contributed by atoms with E-state index in [1.807, 2.05) is 11.7 Å². The minimum absolute atomic E-state index is 0.0110. The number of hydrogen-bond donors (Lipinski definition) is 1. The minimum Gasteiger partial charge on any atom is -0.392 e. The van der Waals surface area contributed by atoms with Gasteiger partial charge in [0.05, 0.1) is 12.1 Å². The van der Waals surface area contributed by atoms with E-state index >= 15 is 0 Å². The first-order valence-corrected chi connectivity index (χ1v) is 10.1. The summed E-state index contributed by atoms with van der Waals surface area (Å²) in [6, 6.07) is 10.9. The Morgan fingerprint density at radius 1 is 1.19 bits per heavy atom. The van der Waals surface area contributed by atoms with E-state index in [2.05, 4.69) is 73.7 Å². The lowest BCUT2D eigenvalue weighted by atomic mass is 9.71. The Bertz CT molecular complexity index is 1130. The molecule has 140 valence electrons. The number of aliphatic hydroxyl groups excluding tert-OH is 1. The van der Waals surface area contributed by atoms with Crippen molar-refractivity contribution in [1.82, 2.24) is 15.0 Å². The average Bonchev–Trinajstić information content (AvgIpc) is 3.22. The molecule has 4 rings (SSSR count). The molecule has 0 aliphatic carbocycles. The quantitative estimate of drug-likeness (QED) is 0.535. The van der Waals surface area contributed by atoms with Crippen LogP contribution < -0.4 is 0 Å². The van der Waals surface area contributed by atoms with Crippen LogP contribution in [0.3, 0.4) is 0 Å². The van der Waals surface area contributed by atoms with Crippen LogP contribution in [-0.4, -0.2) is 20.1 Å². The predicted molar refractivity (Wildman–Crippen MR) is 112 cm³/mol. The van der Waals surface area contributed by atoms with E-state index in [4.69, 9.17) is 0 Å². The summed E-state index contributed by atoms with van der Waals surface area (Å²) in [5, 5.41) is 21.8. The summed E-state index contributed by atoms with van der Waals surface area (Å²) in [6.45, 7) is 9.02. The molecule has 0 saturated heterocycles. The number of fused-ring (bicyclic) bond motifs is 2. The molecule has 2 aromatic heterocycles. The molecule has 27 heavy (non-hydrogen) atoms. The van der Waals surface area contributed by atoms with Gasteiger partial charge in [-0.1, -0.05) is 38.1 Å². The molecule has 0 unspecified atom stereocenters. The summed E-state index contributed by atoms with van der Waals surface area (Å²) in [7, 11) is 1.92. The lowest BCUT2D eigenvalue weighted by Gasteiger charge is -2.33. The van der Waals surface area contributed by atoms with Gasteiger partial charge in [-0.05, 0) is 63.6 Å². The van der Waals surface area contributed by atoms with E-state index in [1.54, 1.807) is 11.3 Å². The highest BCUT2D eigenvalue weighted by molar-refractivity contribution is 7.17. The Balaban J connectivity index is 1.97. The summed E-state index contributed by atoms with van der Waals surface area (Å²) >= 11 is 1.69. The fraction of sp³-hybridized carbons (Fsp3) is 0.364. The third-order valence-electron chi connectivity index (χ3n) is 5.41. The maximum Gasteiger partial charge on any atom is 0.116 e. The number of aromatic nitrogens is 3. The number of benzene rings is 2. The molecule has 0 fully saturated rings. The Morgan fingerprint density at radius 2 is 1.96 bits per heavy atom. The molecule has 5 heteroatoms. The van der Waals surface area contributed by atoms with Crippen LogP contribution in [0, 0.1) is 12.3 Å². The molecule has 0 bridgehead atoms. The second-order valence-corrected chi connectivity index (χ2v) is 9.25. The van der Waals surface area contributed by atoms with Crippen LogP contribution in [0.2, 0.25) is 0 Å². The summed E-state index contributed by atoms with van der Waals surface area (Å²) in [5.41, 5.74) is 6.72. The van der Waals surface area contributed by atoms with Crippen molar-refractivity contribution in [2.24, 2.45) is 12.5 Å². The Kier molecular flexibility index (Phi) is 4.32. The lowest BCUT2D eigenvalue weighted by molar-refractivity contribution is 0.283. The van der Waals surface area contributed by atoms with Gasteiger partial charge < -0.3 is 5.11 Å². The molecular weight excluding hydrogens is 354 g/mol. The highest BCUT2D eigenvalue weighted by atomic mass is 32.1. The number of rotatable bonds is 3. The van der Waals surface area contributed by atoms with Crippen LogP contribution in [0.5, 0.6) is 0 Å². The molecule has 1 N–H and O–H groups in total. The highest BCUT2D eigenvalue weighted by Gasteiger charge is 2.30. The van der Waals surface area contributed by atoms with Gasteiger partial charge in [0.15, 0.2) is 0 Å². The largest absolute Gasteiger partial charge is 0.392 e. The fourth-order valence-electron chi connectivity index (χ4n) is 4.17. The molecule has 0 spiro atoms. The Hall–Kier alpha value is -2.24. The molecule has 2 heterocycles. The number of hydrogen-bond acceptors (Lipinski definition) is 4. The van der Waals surface area contributed by atoms with E-state index in [9.17, 15) is 5.11 Å². The Labute approximate surface area is 163 Å². The zero-order valence-electron chi connectivity index (χ0n) is 16.4. The maximum absolute atomic E-state index is 9.92. The fourth-order valence-corrected chi connectivity index (χ4v) is 5.06. The normalized spacial score (nSPS) is 13.6. The van der Waals surface area contributed by atoms with Crippen LogP contribution in [0.15, 0.2) is 35.7 Å². The van der Waals surface area contributed by atoms with Crippen molar-refractivity contribution in [1.29, 1.82) is 0 Å². The van der Waals surface area contributed by atoms with Crippen LogP contribution in [0.25, 0.3) is 21.1 Å². The van der Waals surface area contributed by atoms with Gasteiger partial charge in [-0.3, -0.25) is 0 Å². The van der Waals surface area contributed by atoms with Crippen LogP contribution >= 0.6 is 11.3 Å². The van der Waals surface area contributed by atoms with Crippen molar-refractivity contribution in [3.05, 3.63) is 58.0 Å². The highest BCUT2D eigenvalue weighted by Crippen LogP contribution is 2.44. The molecule has 4 nitrogen and oxygen atoms in total. The first kappa shape index (κ1) is 18.1. The third kappa shape index (κ3) is 2.95. The van der Waals surface area contributed by atoms with E-state index < -0.39 is 0 Å². The molecule has 1 atom stereocenters. The minimum atomic E-state index is 0.0110. The maximum atomic E-state index is 9.92. The second-order valence-electron chi connectivity index (χ2n) is 8.34. The molecule has 0 radical (unpaired) electrons. The molecule has 2 aromatic carbocycles. The Morgan fingerprint density at radius 3 is 2.67 bits per heavy atom. The van der Waals surface area contributed by atoms with Crippen molar-refractivity contribution >= 4 is 32.5 Å². The van der Waals surface area contributed by atoms with Gasteiger partial charge in [0.25, 0.3) is 0 Å². The van der Waals surface area contributed by atoms with E-state index in [0.29, 0.717) is 0 Å². The number of aliphatic hydroxyl groups is 1. The second kappa shape index (κ2) is 6.43. The van der Waals surface area contributed by atoms with Gasteiger partial charge in [-0.15, -0.1) is 16.4 Å². The van der Waals surface area contributed by atoms with Crippen LogP contribution in [0.4, 0.5) is 0 Å². The van der Waals surface area contributed by atoms with Crippen molar-refractivity contribution in [2.45, 2.75) is 40.2 Å². The first-order valence-electron chi connectivity index (χ1n) is 9.21. The first-order chi connectivity index (χ1) is 12.8. The SMILES string of the molecule is Cc1c([C@H](c2cc(CO)c3sccc3c2)C(C)(C)C)ccc2c1nnn2C. The molecule has 0 aliphatic heterocycles. The van der Waals surface area contributed by atoms with E-state index in [1.165, 1.54) is 26.8 Å². The summed E-state index contributed by atoms with van der Waals surface area (Å²) in [6.07, 6.45) is 0. The van der Waals surface area contributed by atoms with Crippen molar-refractivity contribution in [3.8, 4) is 0 Å². The average molecular weight is 380 g/mol. The van der Waals surface area contributed by atoms with Gasteiger partial charge in [0, 0.05) is 17.7 Å². The monoisotopic (exact) mass is 379 g/mol. The van der Waals surface area contributed by atoms with Gasteiger partial charge in [0.2, 0.25) is 0 Å². The van der Waals surface area contributed by atoms with Gasteiger partial charge in [-0.2, -0.15) is 0 Å². The number of thiophene rings is 1. The molecule has 0 amide bonds. The van der Waals surface area contributed by atoms with E-state index in [-0.39, 0.29) is 17.9 Å². The smallest absolute Gasteiger partial charge is 0.116 e. The lowest BCUT2D eigenvalue weighted by Crippen LogP contribution is -2.21. The van der Waals surface area contributed by atoms with Gasteiger partial charge in [0.1, 0.15) is 5.52 Å². The number of aryl methyl sites for hydroxylation is 2. The van der Waals surface area contributed by atoms with Gasteiger partial charge in [-0.25, -0.2) is 4.68 Å².